The summed E-state index contributed by atoms with van der Waals surface area (Å²) in [6.07, 6.45) is 2.95. The Morgan fingerprint density at radius 2 is 1.88 bits per heavy atom. The lowest BCUT2D eigenvalue weighted by Crippen LogP contribution is -2.56. The number of piperazine rings is 1. The molecule has 1 atom stereocenters. The summed E-state index contributed by atoms with van der Waals surface area (Å²) in [5.41, 5.74) is 2.33. The van der Waals surface area contributed by atoms with Crippen molar-refractivity contribution in [2.45, 2.75) is 13.0 Å². The molecule has 5 aromatic rings. The molecule has 0 aliphatic carbocycles. The Morgan fingerprint density at radius 3 is 2.62 bits per heavy atom. The summed E-state index contributed by atoms with van der Waals surface area (Å²) >= 11 is 6.12. The Kier molecular flexibility index (Phi) is 7.17. The van der Waals surface area contributed by atoms with Crippen LogP contribution in [0.4, 0.5) is 0 Å². The average Bonchev–Trinajstić information content (AvgIpc) is 3.69. The van der Waals surface area contributed by atoms with E-state index in [-0.39, 0.29) is 30.6 Å². The van der Waals surface area contributed by atoms with E-state index in [2.05, 4.69) is 25.1 Å². The van der Waals surface area contributed by atoms with Crippen molar-refractivity contribution in [3.8, 4) is 28.7 Å². The summed E-state index contributed by atoms with van der Waals surface area (Å²) in [5, 5.41) is 8.15. The van der Waals surface area contributed by atoms with Gasteiger partial charge in [-0.15, -0.1) is 0 Å². The number of aromatic amines is 2. The number of nitrogens with zero attached hydrogens (tertiary/aromatic N) is 5. The number of methoxy groups -OCH3 is 1. The lowest BCUT2D eigenvalue weighted by Gasteiger charge is -2.39. The first-order chi connectivity index (χ1) is 20.4. The number of hydrogen-bond donors (Lipinski definition) is 2. The van der Waals surface area contributed by atoms with Crippen molar-refractivity contribution in [2.24, 2.45) is 0 Å². The Bertz CT molecular complexity index is 1820. The molecule has 0 spiro atoms. The van der Waals surface area contributed by atoms with Crippen molar-refractivity contribution >= 4 is 40.1 Å². The van der Waals surface area contributed by atoms with Gasteiger partial charge in [0.1, 0.15) is 11.4 Å². The Hall–Kier alpha value is -5.03. The van der Waals surface area contributed by atoms with Crippen LogP contribution in [0.2, 0.25) is 5.02 Å². The van der Waals surface area contributed by atoms with Crippen LogP contribution in [-0.2, 0) is 4.79 Å². The van der Waals surface area contributed by atoms with Gasteiger partial charge in [0.05, 0.1) is 29.8 Å². The van der Waals surface area contributed by atoms with Gasteiger partial charge in [-0.05, 0) is 31.2 Å². The predicted octanol–water partition coefficient (Wildman–Crippen LogP) is 4.23. The molecule has 11 nitrogen and oxygen atoms in total. The van der Waals surface area contributed by atoms with E-state index < -0.39 is 11.7 Å². The zero-order valence-corrected chi connectivity index (χ0v) is 23.6. The van der Waals surface area contributed by atoms with Crippen LogP contribution in [0, 0.1) is 0 Å². The number of ketones is 1. The van der Waals surface area contributed by atoms with Crippen LogP contribution in [0.25, 0.3) is 33.8 Å². The van der Waals surface area contributed by atoms with E-state index in [1.807, 2.05) is 31.2 Å². The molecule has 1 fully saturated rings. The van der Waals surface area contributed by atoms with E-state index >= 15 is 0 Å². The van der Waals surface area contributed by atoms with Gasteiger partial charge in [-0.2, -0.15) is 5.10 Å². The first kappa shape index (κ1) is 27.2. The summed E-state index contributed by atoms with van der Waals surface area (Å²) < 4.78 is 5.52. The molecule has 2 aromatic carbocycles. The molecule has 42 heavy (non-hydrogen) atoms. The van der Waals surface area contributed by atoms with Crippen molar-refractivity contribution in [2.75, 3.05) is 26.7 Å². The maximum atomic E-state index is 13.6. The number of carbonyl (C=O) groups is 3. The number of halogens is 1. The summed E-state index contributed by atoms with van der Waals surface area (Å²) in [6.45, 7) is 2.66. The van der Waals surface area contributed by atoms with Gasteiger partial charge in [-0.25, -0.2) is 9.97 Å². The monoisotopic (exact) mass is 583 g/mol. The number of benzene rings is 2. The number of H-pyrrole nitrogens is 2. The van der Waals surface area contributed by atoms with E-state index in [1.54, 1.807) is 35.2 Å². The summed E-state index contributed by atoms with van der Waals surface area (Å²) in [6, 6.07) is 15.9. The molecule has 2 N–H and O–H groups in total. The fourth-order valence-corrected chi connectivity index (χ4v) is 5.40. The Morgan fingerprint density at radius 1 is 1.07 bits per heavy atom. The first-order valence-corrected chi connectivity index (χ1v) is 13.7. The number of ether oxygens (including phenoxy) is 1. The lowest BCUT2D eigenvalue weighted by molar-refractivity contribution is -0.128. The molecular formula is C30H26ClN7O4. The zero-order chi connectivity index (χ0) is 29.4. The number of amides is 2. The van der Waals surface area contributed by atoms with Gasteiger partial charge in [-0.1, -0.05) is 41.9 Å². The van der Waals surface area contributed by atoms with Crippen molar-refractivity contribution in [3.63, 3.8) is 0 Å². The highest BCUT2D eigenvalue weighted by atomic mass is 35.5. The number of aromatic nitrogens is 5. The quantitative estimate of drug-likeness (QED) is 0.225. The SMILES string of the molecule is COc1cnc(-c2nc(-c3cccc(Cl)c3)n[nH]2)c2[nH]cc(C(=O)C(=O)N3CCN(C(=O)c4ccccc4)C(C)C3)c12. The fourth-order valence-electron chi connectivity index (χ4n) is 5.21. The molecule has 1 aliphatic heterocycles. The van der Waals surface area contributed by atoms with E-state index in [9.17, 15) is 14.4 Å². The van der Waals surface area contributed by atoms with Crippen molar-refractivity contribution in [1.29, 1.82) is 0 Å². The molecule has 4 heterocycles. The normalized spacial score (nSPS) is 15.2. The number of carbonyl (C=O) groups excluding carboxylic acids is 3. The zero-order valence-electron chi connectivity index (χ0n) is 22.8. The topological polar surface area (TPSA) is 137 Å². The van der Waals surface area contributed by atoms with Crippen LogP contribution < -0.4 is 4.74 Å². The Labute approximate surface area is 245 Å². The van der Waals surface area contributed by atoms with Crippen molar-refractivity contribution in [1.82, 2.24) is 34.9 Å². The fraction of sp³-hybridized carbons (Fsp3) is 0.200. The molecule has 212 valence electrons. The second-order valence-corrected chi connectivity index (χ2v) is 10.4. The molecule has 1 saturated heterocycles. The average molecular weight is 584 g/mol. The van der Waals surface area contributed by atoms with Gasteiger partial charge in [-0.3, -0.25) is 19.5 Å². The van der Waals surface area contributed by atoms with Crippen LogP contribution in [0.15, 0.2) is 67.0 Å². The third-order valence-corrected chi connectivity index (χ3v) is 7.56. The van der Waals surface area contributed by atoms with Crippen LogP contribution in [0.1, 0.15) is 27.6 Å². The highest BCUT2D eigenvalue weighted by Gasteiger charge is 2.34. The molecule has 12 heteroatoms. The highest BCUT2D eigenvalue weighted by Crippen LogP contribution is 2.34. The second-order valence-electron chi connectivity index (χ2n) is 9.94. The summed E-state index contributed by atoms with van der Waals surface area (Å²) in [4.78, 5) is 55.4. The van der Waals surface area contributed by atoms with E-state index in [1.165, 1.54) is 24.4 Å². The number of pyridine rings is 1. The molecule has 0 saturated carbocycles. The summed E-state index contributed by atoms with van der Waals surface area (Å²) in [7, 11) is 1.47. The van der Waals surface area contributed by atoms with Gasteiger partial charge in [0.15, 0.2) is 11.6 Å². The largest absolute Gasteiger partial charge is 0.494 e. The minimum Gasteiger partial charge on any atom is -0.494 e. The molecule has 0 radical (unpaired) electrons. The van der Waals surface area contributed by atoms with Gasteiger partial charge in [0.2, 0.25) is 0 Å². The maximum Gasteiger partial charge on any atom is 0.295 e. The minimum atomic E-state index is -0.691. The van der Waals surface area contributed by atoms with Gasteiger partial charge in [0.25, 0.3) is 17.6 Å². The summed E-state index contributed by atoms with van der Waals surface area (Å²) in [5.74, 6) is -0.337. The van der Waals surface area contributed by atoms with Crippen LogP contribution >= 0.6 is 11.6 Å². The predicted molar refractivity (Wildman–Crippen MR) is 156 cm³/mol. The lowest BCUT2D eigenvalue weighted by atomic mass is 10.1. The van der Waals surface area contributed by atoms with Gasteiger partial charge < -0.3 is 19.5 Å². The molecule has 0 bridgehead atoms. The van der Waals surface area contributed by atoms with Gasteiger partial charge in [0, 0.05) is 48.0 Å². The number of nitrogens with one attached hydrogen (secondary N) is 2. The maximum absolute atomic E-state index is 13.6. The second kappa shape index (κ2) is 11.1. The molecular weight excluding hydrogens is 558 g/mol. The van der Waals surface area contributed by atoms with Crippen molar-refractivity contribution < 1.29 is 19.1 Å². The van der Waals surface area contributed by atoms with Gasteiger partial charge >= 0.3 is 0 Å². The highest BCUT2D eigenvalue weighted by molar-refractivity contribution is 6.45. The van der Waals surface area contributed by atoms with E-state index in [4.69, 9.17) is 16.3 Å². The molecule has 2 amide bonds. The number of rotatable bonds is 6. The van der Waals surface area contributed by atoms with Crippen LogP contribution in [-0.4, -0.2) is 85.3 Å². The third-order valence-electron chi connectivity index (χ3n) is 7.32. The standard InChI is InChI=1S/C30H26ClN7O4/c1-17-16-37(11-12-38(17)29(40)18-7-4-3-5-8-18)30(41)26(39)21-14-32-24-23(21)22(42-2)15-33-25(24)28-34-27(35-36-28)19-9-6-10-20(31)13-19/h3-10,13-15,17,32H,11-12,16H2,1-2H3,(H,34,35,36). The smallest absolute Gasteiger partial charge is 0.295 e. The number of hydrogen-bond acceptors (Lipinski definition) is 7. The molecule has 3 aromatic heterocycles. The molecule has 1 unspecified atom stereocenters. The van der Waals surface area contributed by atoms with E-state index in [0.29, 0.717) is 51.1 Å². The number of Topliss-reactive ketones (excluding diaryl/α,β-unsaturated/α-hetero) is 1. The van der Waals surface area contributed by atoms with E-state index in [0.717, 1.165) is 5.56 Å². The Balaban J connectivity index is 1.26. The van der Waals surface area contributed by atoms with Crippen LogP contribution in [0.5, 0.6) is 5.75 Å². The molecule has 6 rings (SSSR count). The molecule has 1 aliphatic rings. The third kappa shape index (κ3) is 4.88. The van der Waals surface area contributed by atoms with Crippen molar-refractivity contribution in [3.05, 3.63) is 83.1 Å². The minimum absolute atomic E-state index is 0.103. The van der Waals surface area contributed by atoms with Crippen LogP contribution in [0.3, 0.4) is 0 Å². The number of fused-ring (bicyclic) bond motifs is 1. The first-order valence-electron chi connectivity index (χ1n) is 13.3.